The number of hydrogen-bond acceptors (Lipinski definition) is 2. The Morgan fingerprint density at radius 1 is 1.32 bits per heavy atom. The zero-order valence-corrected chi connectivity index (χ0v) is 12.0. The summed E-state index contributed by atoms with van der Waals surface area (Å²) in [5, 5.41) is 3.47. The first-order valence-corrected chi connectivity index (χ1v) is 8.04. The van der Waals surface area contributed by atoms with Crippen molar-refractivity contribution in [2.45, 2.75) is 70.9 Å². The molecular weight excluding hydrogens is 234 g/mol. The molecule has 0 spiro atoms. The van der Waals surface area contributed by atoms with E-state index >= 15 is 0 Å². The van der Waals surface area contributed by atoms with E-state index in [1.54, 1.807) is 5.69 Å². The summed E-state index contributed by atoms with van der Waals surface area (Å²) < 4.78 is 2.64. The van der Waals surface area contributed by atoms with Gasteiger partial charge in [0.05, 0.1) is 5.69 Å². The fraction of sp³-hybridized carbons (Fsp3) is 0.812. The van der Waals surface area contributed by atoms with Gasteiger partial charge >= 0.3 is 0 Å². The van der Waals surface area contributed by atoms with Gasteiger partial charge in [0.15, 0.2) is 0 Å². The molecule has 0 amide bonds. The van der Waals surface area contributed by atoms with Crippen molar-refractivity contribution in [2.75, 3.05) is 6.54 Å². The van der Waals surface area contributed by atoms with Crippen LogP contribution in [-0.4, -0.2) is 16.1 Å². The van der Waals surface area contributed by atoms with Crippen LogP contribution in [0.4, 0.5) is 0 Å². The van der Waals surface area contributed by atoms with Crippen LogP contribution in [0.3, 0.4) is 0 Å². The van der Waals surface area contributed by atoms with Crippen LogP contribution in [0, 0.1) is 5.41 Å². The van der Waals surface area contributed by atoms with Crippen LogP contribution in [0.2, 0.25) is 0 Å². The molecule has 0 radical (unpaired) electrons. The van der Waals surface area contributed by atoms with Crippen LogP contribution in [-0.2, 0) is 19.5 Å². The molecule has 2 aliphatic carbocycles. The molecule has 1 N–H and O–H groups in total. The number of aromatic nitrogens is 2. The van der Waals surface area contributed by atoms with Gasteiger partial charge in [-0.2, -0.15) is 0 Å². The Morgan fingerprint density at radius 3 is 2.84 bits per heavy atom. The largest absolute Gasteiger partial charge is 0.331 e. The number of nitrogens with zero attached hydrogens (tertiary/aromatic N) is 2. The molecule has 0 unspecified atom stereocenters. The van der Waals surface area contributed by atoms with Crippen LogP contribution in [0.15, 0.2) is 0 Å². The van der Waals surface area contributed by atoms with Gasteiger partial charge in [0.25, 0.3) is 0 Å². The normalized spacial score (nSPS) is 25.5. The Labute approximate surface area is 115 Å². The third-order valence-corrected chi connectivity index (χ3v) is 5.31. The molecule has 3 heteroatoms. The highest BCUT2D eigenvalue weighted by Gasteiger charge is 2.36. The number of hydrogen-bond donors (Lipinski definition) is 1. The van der Waals surface area contributed by atoms with Gasteiger partial charge in [-0.15, -0.1) is 0 Å². The molecule has 3 nitrogen and oxygen atoms in total. The monoisotopic (exact) mass is 259 g/mol. The van der Waals surface area contributed by atoms with Crippen LogP contribution >= 0.6 is 0 Å². The van der Waals surface area contributed by atoms with Crippen molar-refractivity contribution in [3.63, 3.8) is 0 Å². The van der Waals surface area contributed by atoms with Crippen molar-refractivity contribution in [1.29, 1.82) is 0 Å². The third-order valence-electron chi connectivity index (χ3n) is 5.31. The van der Waals surface area contributed by atoms with Crippen LogP contribution in [0.25, 0.3) is 0 Å². The average molecular weight is 259 g/mol. The van der Waals surface area contributed by atoms with Crippen LogP contribution in [0.5, 0.6) is 0 Å². The number of fused-ring (bicyclic) bond motifs is 1. The maximum atomic E-state index is 4.99. The predicted octanol–water partition coefficient (Wildman–Crippen LogP) is 2.99. The van der Waals surface area contributed by atoms with E-state index in [1.165, 1.54) is 63.0 Å². The van der Waals surface area contributed by atoms with E-state index in [2.05, 4.69) is 16.8 Å². The van der Waals surface area contributed by atoms with Gasteiger partial charge in [0.1, 0.15) is 5.82 Å². The molecule has 0 aromatic carbocycles. The van der Waals surface area contributed by atoms with Crippen molar-refractivity contribution in [2.24, 2.45) is 5.41 Å². The Morgan fingerprint density at radius 2 is 2.11 bits per heavy atom. The summed E-state index contributed by atoms with van der Waals surface area (Å²) in [6, 6.07) is 0. The highest BCUT2D eigenvalue weighted by molar-refractivity contribution is 5.24. The maximum absolute atomic E-state index is 4.99. The molecule has 2 saturated carbocycles. The molecule has 2 fully saturated rings. The Hall–Kier alpha value is -0.830. The highest BCUT2D eigenvalue weighted by Crippen LogP contribution is 2.44. The molecule has 19 heavy (non-hydrogen) atoms. The van der Waals surface area contributed by atoms with Gasteiger partial charge in [0, 0.05) is 37.7 Å². The van der Waals surface area contributed by atoms with E-state index in [1.807, 2.05) is 0 Å². The number of rotatable bonds is 3. The van der Waals surface area contributed by atoms with Gasteiger partial charge in [-0.05, 0) is 31.1 Å². The van der Waals surface area contributed by atoms with Crippen molar-refractivity contribution in [3.8, 4) is 0 Å². The second-order valence-electron chi connectivity index (χ2n) is 7.17. The van der Waals surface area contributed by atoms with Gasteiger partial charge in [-0.3, -0.25) is 0 Å². The van der Waals surface area contributed by atoms with Crippen molar-refractivity contribution in [3.05, 3.63) is 17.2 Å². The van der Waals surface area contributed by atoms with E-state index in [-0.39, 0.29) is 0 Å². The second-order valence-corrected chi connectivity index (χ2v) is 7.17. The maximum Gasteiger partial charge on any atom is 0.112 e. The van der Waals surface area contributed by atoms with Crippen LogP contribution < -0.4 is 5.32 Å². The summed E-state index contributed by atoms with van der Waals surface area (Å²) in [4.78, 5) is 4.99. The van der Waals surface area contributed by atoms with Gasteiger partial charge in [-0.25, -0.2) is 4.98 Å². The summed E-state index contributed by atoms with van der Waals surface area (Å²) >= 11 is 0. The minimum absolute atomic E-state index is 0.531. The number of imidazole rings is 1. The van der Waals surface area contributed by atoms with Gasteiger partial charge < -0.3 is 9.88 Å². The van der Waals surface area contributed by atoms with Crippen molar-refractivity contribution >= 4 is 0 Å². The molecule has 4 rings (SSSR count). The topological polar surface area (TPSA) is 29.9 Å². The molecule has 3 aliphatic rings. The van der Waals surface area contributed by atoms with Gasteiger partial charge in [0.2, 0.25) is 0 Å². The summed E-state index contributed by atoms with van der Waals surface area (Å²) in [6.07, 6.45) is 9.55. The quantitative estimate of drug-likeness (QED) is 0.904. The van der Waals surface area contributed by atoms with E-state index in [4.69, 9.17) is 4.98 Å². The van der Waals surface area contributed by atoms with Crippen molar-refractivity contribution < 1.29 is 0 Å². The molecule has 0 saturated heterocycles. The Kier molecular flexibility index (Phi) is 2.73. The first kappa shape index (κ1) is 12.0. The molecule has 0 bridgehead atoms. The Balaban J connectivity index is 1.70. The first-order chi connectivity index (χ1) is 9.25. The fourth-order valence-electron chi connectivity index (χ4n) is 3.99. The lowest BCUT2D eigenvalue weighted by Gasteiger charge is -2.27. The average Bonchev–Trinajstić information content (AvgIpc) is 3.08. The lowest BCUT2D eigenvalue weighted by Crippen LogP contribution is -2.27. The van der Waals surface area contributed by atoms with E-state index in [0.717, 1.165) is 19.0 Å². The third kappa shape index (κ3) is 2.12. The van der Waals surface area contributed by atoms with Crippen molar-refractivity contribution in [1.82, 2.24) is 14.9 Å². The fourth-order valence-corrected chi connectivity index (χ4v) is 3.99. The zero-order chi connectivity index (χ0) is 12.9. The molecular formula is C16H25N3. The molecule has 104 valence electrons. The lowest BCUT2D eigenvalue weighted by molar-refractivity contribution is 0.273. The summed E-state index contributed by atoms with van der Waals surface area (Å²) in [5.41, 5.74) is 3.42. The van der Waals surface area contributed by atoms with E-state index in [0.29, 0.717) is 5.41 Å². The van der Waals surface area contributed by atoms with Crippen LogP contribution in [0.1, 0.15) is 68.6 Å². The SMILES string of the molecule is CC1(Cn2c(C3CC3)nc3c2CCNC3)CCCC1. The predicted molar refractivity (Wildman–Crippen MR) is 76.2 cm³/mol. The molecule has 2 heterocycles. The Bertz CT molecular complexity index is 478. The molecule has 1 aromatic rings. The van der Waals surface area contributed by atoms with E-state index < -0.39 is 0 Å². The summed E-state index contributed by atoms with van der Waals surface area (Å²) in [7, 11) is 0. The second kappa shape index (κ2) is 4.34. The summed E-state index contributed by atoms with van der Waals surface area (Å²) in [5.74, 6) is 2.19. The molecule has 0 atom stereocenters. The van der Waals surface area contributed by atoms with Gasteiger partial charge in [-0.1, -0.05) is 19.8 Å². The molecule has 1 aromatic heterocycles. The zero-order valence-electron chi connectivity index (χ0n) is 12.0. The number of nitrogens with one attached hydrogen (secondary N) is 1. The smallest absolute Gasteiger partial charge is 0.112 e. The minimum Gasteiger partial charge on any atom is -0.331 e. The summed E-state index contributed by atoms with van der Waals surface area (Å²) in [6.45, 7) is 5.82. The molecule has 1 aliphatic heterocycles. The minimum atomic E-state index is 0.531. The standard InChI is InChI=1S/C16H25N3/c1-16(7-2-3-8-16)11-19-14-6-9-17-10-13(14)18-15(19)12-4-5-12/h12,17H,2-11H2,1H3. The first-order valence-electron chi connectivity index (χ1n) is 8.04. The lowest BCUT2D eigenvalue weighted by atomic mass is 9.88. The highest BCUT2D eigenvalue weighted by atomic mass is 15.1. The van der Waals surface area contributed by atoms with E-state index in [9.17, 15) is 0 Å².